The minimum atomic E-state index is 0.424. The molecule has 0 amide bonds. The molecule has 0 spiro atoms. The Labute approximate surface area is 198 Å². The molecule has 2 aromatic heterocycles. The lowest BCUT2D eigenvalue weighted by atomic mass is 10.2. The Hall–Kier alpha value is -3.49. The minimum Gasteiger partial charge on any atom is -0.494 e. The summed E-state index contributed by atoms with van der Waals surface area (Å²) in [4.78, 5) is 13.3. The second-order valence-electron chi connectivity index (χ2n) is 8.06. The number of rotatable bonds is 8. The predicted molar refractivity (Wildman–Crippen MR) is 136 cm³/mol. The van der Waals surface area contributed by atoms with E-state index in [1.807, 2.05) is 74.4 Å². The molecule has 0 fully saturated rings. The number of nitrogens with two attached hydrogens (primary N) is 1. The van der Waals surface area contributed by atoms with Crippen LogP contribution in [0.2, 0.25) is 5.02 Å². The first-order valence-electron chi connectivity index (χ1n) is 10.6. The number of aromatic nitrogens is 3. The Kier molecular flexibility index (Phi) is 6.57. The largest absolute Gasteiger partial charge is 0.494 e. The van der Waals surface area contributed by atoms with Crippen LogP contribution >= 0.6 is 11.6 Å². The molecule has 2 aromatic carbocycles. The first-order chi connectivity index (χ1) is 15.9. The lowest BCUT2D eigenvalue weighted by Gasteiger charge is -2.24. The highest BCUT2D eigenvalue weighted by molar-refractivity contribution is 6.35. The van der Waals surface area contributed by atoms with Crippen LogP contribution in [0.5, 0.6) is 5.75 Å². The van der Waals surface area contributed by atoms with Gasteiger partial charge in [0.1, 0.15) is 11.6 Å². The Bertz CT molecular complexity index is 1270. The van der Waals surface area contributed by atoms with E-state index in [0.717, 1.165) is 29.7 Å². The van der Waals surface area contributed by atoms with Crippen molar-refractivity contribution in [2.24, 2.45) is 0 Å². The molecular formula is C24H28ClN7O. The molecule has 3 N–H and O–H groups in total. The highest BCUT2D eigenvalue weighted by atomic mass is 35.5. The molecule has 9 heteroatoms. The molecule has 0 bridgehead atoms. The van der Waals surface area contributed by atoms with Gasteiger partial charge in [-0.3, -0.25) is 4.57 Å². The number of halogens is 1. The number of anilines is 4. The number of likely N-dealkylation sites (N-methyl/N-ethyl adjacent to an activating group) is 2. The van der Waals surface area contributed by atoms with Gasteiger partial charge in [0.05, 0.1) is 34.7 Å². The third-order valence-electron chi connectivity index (χ3n) is 5.44. The van der Waals surface area contributed by atoms with Gasteiger partial charge < -0.3 is 25.6 Å². The maximum Gasteiger partial charge on any atom is 0.229 e. The van der Waals surface area contributed by atoms with Crippen LogP contribution in [0.15, 0.2) is 54.9 Å². The van der Waals surface area contributed by atoms with Crippen LogP contribution in [-0.4, -0.2) is 60.8 Å². The summed E-state index contributed by atoms with van der Waals surface area (Å²) in [5.74, 6) is 1.77. The van der Waals surface area contributed by atoms with Gasteiger partial charge in [-0.1, -0.05) is 29.8 Å². The van der Waals surface area contributed by atoms with E-state index in [1.165, 1.54) is 0 Å². The van der Waals surface area contributed by atoms with Crippen molar-refractivity contribution in [1.29, 1.82) is 0 Å². The fourth-order valence-electron chi connectivity index (χ4n) is 3.65. The quantitative estimate of drug-likeness (QED) is 0.373. The van der Waals surface area contributed by atoms with Crippen molar-refractivity contribution in [3.63, 3.8) is 0 Å². The summed E-state index contributed by atoms with van der Waals surface area (Å²) in [6.07, 6.45) is 3.56. The van der Waals surface area contributed by atoms with Crippen molar-refractivity contribution in [1.82, 2.24) is 19.4 Å². The maximum absolute atomic E-state index is 6.42. The van der Waals surface area contributed by atoms with Gasteiger partial charge in [-0.15, -0.1) is 0 Å². The summed E-state index contributed by atoms with van der Waals surface area (Å²) in [5.41, 5.74) is 9.58. The normalized spacial score (nSPS) is 11.2. The van der Waals surface area contributed by atoms with Crippen LogP contribution in [0.4, 0.5) is 23.0 Å². The van der Waals surface area contributed by atoms with Crippen LogP contribution in [0.3, 0.4) is 0 Å². The molecule has 0 aliphatic carbocycles. The molecule has 172 valence electrons. The number of nitrogen functional groups attached to an aromatic ring is 1. The number of para-hydroxylation sites is 1. The molecule has 0 radical (unpaired) electrons. The Morgan fingerprint density at radius 1 is 1.12 bits per heavy atom. The van der Waals surface area contributed by atoms with Gasteiger partial charge in [0, 0.05) is 44.0 Å². The van der Waals surface area contributed by atoms with E-state index in [0.29, 0.717) is 33.9 Å². The van der Waals surface area contributed by atoms with Crippen molar-refractivity contribution in [2.75, 3.05) is 57.3 Å². The van der Waals surface area contributed by atoms with Crippen molar-refractivity contribution < 1.29 is 4.74 Å². The Morgan fingerprint density at radius 2 is 1.91 bits per heavy atom. The summed E-state index contributed by atoms with van der Waals surface area (Å²) < 4.78 is 7.57. The van der Waals surface area contributed by atoms with Crippen LogP contribution in [0.1, 0.15) is 0 Å². The van der Waals surface area contributed by atoms with Gasteiger partial charge in [0.2, 0.25) is 5.95 Å². The van der Waals surface area contributed by atoms with Gasteiger partial charge >= 0.3 is 0 Å². The monoisotopic (exact) mass is 465 g/mol. The van der Waals surface area contributed by atoms with Crippen LogP contribution in [-0.2, 0) is 0 Å². The molecule has 0 unspecified atom stereocenters. The van der Waals surface area contributed by atoms with E-state index in [-0.39, 0.29) is 0 Å². The fraction of sp³-hybridized carbons (Fsp3) is 0.250. The minimum absolute atomic E-state index is 0.424. The molecule has 4 aromatic rings. The molecule has 0 saturated carbocycles. The first-order valence-corrected chi connectivity index (χ1v) is 10.9. The van der Waals surface area contributed by atoms with Crippen LogP contribution < -0.4 is 20.7 Å². The number of methoxy groups -OCH3 is 1. The summed E-state index contributed by atoms with van der Waals surface area (Å²) in [6, 6.07) is 13.5. The second kappa shape index (κ2) is 9.56. The fourth-order valence-corrected chi connectivity index (χ4v) is 3.90. The van der Waals surface area contributed by atoms with Gasteiger partial charge in [-0.2, -0.15) is 4.98 Å². The van der Waals surface area contributed by atoms with Gasteiger partial charge in [-0.05, 0) is 32.3 Å². The van der Waals surface area contributed by atoms with Crippen LogP contribution in [0.25, 0.3) is 16.7 Å². The molecule has 0 aliphatic heterocycles. The Balaban J connectivity index is 1.63. The molecule has 4 rings (SSSR count). The molecule has 33 heavy (non-hydrogen) atoms. The molecule has 0 aliphatic rings. The highest BCUT2D eigenvalue weighted by Crippen LogP contribution is 2.36. The topological polar surface area (TPSA) is 84.5 Å². The van der Waals surface area contributed by atoms with E-state index >= 15 is 0 Å². The van der Waals surface area contributed by atoms with E-state index in [9.17, 15) is 0 Å². The lowest BCUT2D eigenvalue weighted by molar-refractivity contribution is 0.413. The zero-order valence-electron chi connectivity index (χ0n) is 19.2. The smallest absolute Gasteiger partial charge is 0.229 e. The first kappa shape index (κ1) is 22.7. The number of nitrogens with one attached hydrogen (secondary N) is 1. The Morgan fingerprint density at radius 3 is 2.67 bits per heavy atom. The summed E-state index contributed by atoms with van der Waals surface area (Å²) in [5, 5.41) is 4.88. The highest BCUT2D eigenvalue weighted by Gasteiger charge is 2.14. The third-order valence-corrected chi connectivity index (χ3v) is 5.74. The lowest BCUT2D eigenvalue weighted by Crippen LogP contribution is -2.29. The van der Waals surface area contributed by atoms with Crippen molar-refractivity contribution in [2.45, 2.75) is 0 Å². The number of nitrogens with zero attached hydrogens (tertiary/aromatic N) is 5. The number of ether oxygens (including phenoxy) is 1. The van der Waals surface area contributed by atoms with Crippen LogP contribution in [0, 0.1) is 0 Å². The molecule has 0 saturated heterocycles. The van der Waals surface area contributed by atoms with Gasteiger partial charge in [0.25, 0.3) is 0 Å². The average Bonchev–Trinajstić information content (AvgIpc) is 3.14. The SMILES string of the molecule is COc1cc(N(C)CCN(C)C)c(N)cc1Nc1nccc(-n2cc(Cl)c3ccccc32)n1. The number of benzene rings is 2. The van der Waals surface area contributed by atoms with E-state index < -0.39 is 0 Å². The molecule has 2 heterocycles. The van der Waals surface area contributed by atoms with Crippen molar-refractivity contribution in [3.8, 4) is 11.6 Å². The number of hydrogen-bond donors (Lipinski definition) is 2. The van der Waals surface area contributed by atoms with Crippen molar-refractivity contribution in [3.05, 3.63) is 59.9 Å². The molecule has 0 atom stereocenters. The maximum atomic E-state index is 6.42. The zero-order chi connectivity index (χ0) is 23.5. The number of hydrogen-bond acceptors (Lipinski definition) is 7. The van der Waals surface area contributed by atoms with E-state index in [1.54, 1.807) is 13.3 Å². The predicted octanol–water partition coefficient (Wildman–Crippen LogP) is 4.41. The standard InChI is InChI=1S/C24H28ClN7O/c1-30(2)11-12-31(3)21-14-22(33-4)19(13-18(21)26)28-24-27-10-9-23(29-24)32-15-17(25)16-7-5-6-8-20(16)32/h5-10,13-15H,11-12,26H2,1-4H3,(H,27,28,29). The van der Waals surface area contributed by atoms with Gasteiger partial charge in [0.15, 0.2) is 0 Å². The summed E-state index contributed by atoms with van der Waals surface area (Å²) in [6.45, 7) is 1.75. The number of fused-ring (bicyclic) bond motifs is 1. The summed E-state index contributed by atoms with van der Waals surface area (Å²) in [7, 11) is 7.74. The second-order valence-corrected chi connectivity index (χ2v) is 8.47. The summed E-state index contributed by atoms with van der Waals surface area (Å²) >= 11 is 6.42. The average molecular weight is 466 g/mol. The molecule has 8 nitrogen and oxygen atoms in total. The van der Waals surface area contributed by atoms with E-state index in [4.69, 9.17) is 22.1 Å². The van der Waals surface area contributed by atoms with Crippen molar-refractivity contribution >= 4 is 45.5 Å². The van der Waals surface area contributed by atoms with Gasteiger partial charge in [-0.25, -0.2) is 4.98 Å². The zero-order valence-corrected chi connectivity index (χ0v) is 20.0. The third kappa shape index (κ3) is 4.81. The molecular weight excluding hydrogens is 438 g/mol. The van der Waals surface area contributed by atoms with E-state index in [2.05, 4.69) is 25.1 Å².